The molecule has 0 fully saturated rings. The van der Waals surface area contributed by atoms with Gasteiger partial charge in [-0.1, -0.05) is 0 Å². The van der Waals surface area contributed by atoms with E-state index in [9.17, 15) is 0 Å². The van der Waals surface area contributed by atoms with Crippen LogP contribution in [0.5, 0.6) is 0 Å². The number of nitrogens with zero attached hydrogens (tertiary/aromatic N) is 2. The minimum absolute atomic E-state index is 0. The van der Waals surface area contributed by atoms with Crippen molar-refractivity contribution in [3.63, 3.8) is 0 Å². The molecule has 0 amide bonds. The summed E-state index contributed by atoms with van der Waals surface area (Å²) in [7, 11) is 0. The van der Waals surface area contributed by atoms with Gasteiger partial charge in [-0.25, -0.2) is 4.99 Å². The quantitative estimate of drug-likeness (QED) is 0.717. The van der Waals surface area contributed by atoms with Crippen molar-refractivity contribution in [1.29, 1.82) is 0 Å². The van der Waals surface area contributed by atoms with Crippen molar-refractivity contribution in [3.8, 4) is 0 Å². The molecule has 1 aromatic heterocycles. The highest BCUT2D eigenvalue weighted by Crippen LogP contribution is 2.27. The van der Waals surface area contributed by atoms with Gasteiger partial charge in [0, 0.05) is 17.0 Å². The lowest BCUT2D eigenvalue weighted by atomic mass is 9.98. The zero-order valence-electron chi connectivity index (χ0n) is 8.63. The van der Waals surface area contributed by atoms with Gasteiger partial charge in [0.2, 0.25) is 0 Å². The lowest BCUT2D eigenvalue weighted by molar-refractivity contribution is 0.675. The summed E-state index contributed by atoms with van der Waals surface area (Å²) in [4.78, 5) is 4.41. The molecule has 78 valence electrons. The van der Waals surface area contributed by atoms with Crippen molar-refractivity contribution >= 4 is 23.9 Å². The molecule has 14 heavy (non-hydrogen) atoms. The number of halogens is 1. The van der Waals surface area contributed by atoms with Gasteiger partial charge < -0.3 is 0 Å². The summed E-state index contributed by atoms with van der Waals surface area (Å²) in [6.07, 6.45) is 4.83. The summed E-state index contributed by atoms with van der Waals surface area (Å²) in [6, 6.07) is 0. The van der Waals surface area contributed by atoms with Crippen molar-refractivity contribution in [3.05, 3.63) is 11.3 Å². The second-order valence-electron chi connectivity index (χ2n) is 3.77. The van der Waals surface area contributed by atoms with E-state index in [1.165, 1.54) is 24.1 Å². The molecule has 3 nitrogen and oxygen atoms in total. The molecule has 0 spiro atoms. The minimum Gasteiger partial charge on any atom is -0.280 e. The fraction of sp³-hybridized carbons (Fsp3) is 0.600. The van der Waals surface area contributed by atoms with Crippen molar-refractivity contribution in [2.75, 3.05) is 0 Å². The molecule has 4 heteroatoms. The molecule has 0 saturated carbocycles. The Morgan fingerprint density at radius 1 is 1.29 bits per heavy atom. The van der Waals surface area contributed by atoms with Crippen molar-refractivity contribution in [2.24, 2.45) is 4.99 Å². The molecule has 0 bridgehead atoms. The number of nitrogens with one attached hydrogen (secondary N) is 1. The van der Waals surface area contributed by atoms with Gasteiger partial charge in [0.1, 0.15) is 0 Å². The van der Waals surface area contributed by atoms with Gasteiger partial charge in [0.05, 0.1) is 0 Å². The van der Waals surface area contributed by atoms with Crippen molar-refractivity contribution in [2.45, 2.75) is 39.5 Å². The van der Waals surface area contributed by atoms with E-state index in [0.717, 1.165) is 24.4 Å². The van der Waals surface area contributed by atoms with Gasteiger partial charge in [0.15, 0.2) is 5.82 Å². The Labute approximate surface area is 90.4 Å². The first-order valence-corrected chi connectivity index (χ1v) is 4.85. The van der Waals surface area contributed by atoms with Crippen LogP contribution in [-0.4, -0.2) is 15.9 Å². The predicted octanol–water partition coefficient (Wildman–Crippen LogP) is 2.82. The lowest BCUT2D eigenvalue weighted by Gasteiger charge is -2.09. The van der Waals surface area contributed by atoms with Crippen LogP contribution in [0.1, 0.15) is 37.9 Å². The molecule has 1 aromatic rings. The molecule has 0 radical (unpaired) electrons. The zero-order chi connectivity index (χ0) is 9.26. The molecule has 2 rings (SSSR count). The monoisotopic (exact) mass is 213 g/mol. The fourth-order valence-corrected chi connectivity index (χ4v) is 1.77. The molecule has 0 unspecified atom stereocenters. The fourth-order valence-electron chi connectivity index (χ4n) is 1.77. The number of fused-ring (bicyclic) bond motifs is 1. The number of aryl methyl sites for hydroxylation is 1. The van der Waals surface area contributed by atoms with Gasteiger partial charge in [-0.05, 0) is 39.5 Å². The maximum Gasteiger partial charge on any atom is 0.176 e. The lowest BCUT2D eigenvalue weighted by Crippen LogP contribution is -2.00. The largest absolute Gasteiger partial charge is 0.280 e. The normalized spacial score (nSPS) is 14.1. The first kappa shape index (κ1) is 11.2. The average Bonchev–Trinajstić information content (AvgIpc) is 2.48. The third-order valence-electron chi connectivity index (χ3n) is 2.36. The second kappa shape index (κ2) is 4.60. The third kappa shape index (κ3) is 2.15. The molecule has 0 atom stereocenters. The average molecular weight is 214 g/mol. The van der Waals surface area contributed by atoms with Crippen molar-refractivity contribution in [1.82, 2.24) is 10.2 Å². The first-order chi connectivity index (χ1) is 6.27. The highest BCUT2D eigenvalue weighted by Gasteiger charge is 2.15. The number of H-pyrrole nitrogens is 1. The molecule has 1 N–H and O–H groups in total. The van der Waals surface area contributed by atoms with E-state index < -0.39 is 0 Å². The Morgan fingerprint density at radius 2 is 2.00 bits per heavy atom. The van der Waals surface area contributed by atoms with E-state index in [1.807, 2.05) is 13.8 Å². The van der Waals surface area contributed by atoms with Crippen LogP contribution >= 0.6 is 12.4 Å². The molecule has 1 heterocycles. The summed E-state index contributed by atoms with van der Waals surface area (Å²) in [6.45, 7) is 4.01. The maximum absolute atomic E-state index is 4.41. The molecule has 1 aliphatic rings. The van der Waals surface area contributed by atoms with Gasteiger partial charge in [-0.3, -0.25) is 5.10 Å². The standard InChI is InChI=1S/C10H15N3.ClH/c1-7(2)11-10-8-5-3-4-6-9(8)12-13-10;/h3-6H2,1-2H3,(H,12,13);1H. The summed E-state index contributed by atoms with van der Waals surface area (Å²) in [5.41, 5.74) is 3.71. The van der Waals surface area contributed by atoms with Crippen LogP contribution in [0.3, 0.4) is 0 Å². The van der Waals surface area contributed by atoms with Crippen LogP contribution in [0, 0.1) is 0 Å². The van der Waals surface area contributed by atoms with Crippen LogP contribution in [0.15, 0.2) is 4.99 Å². The Hall–Kier alpha value is -0.830. The molecular formula is C10H16ClN3. The number of aliphatic imine (C=N–C) groups is 1. The smallest absolute Gasteiger partial charge is 0.176 e. The van der Waals surface area contributed by atoms with E-state index in [1.54, 1.807) is 0 Å². The second-order valence-corrected chi connectivity index (χ2v) is 3.77. The number of hydrogen-bond acceptors (Lipinski definition) is 2. The topological polar surface area (TPSA) is 41.0 Å². The Balaban J connectivity index is 0.000000980. The van der Waals surface area contributed by atoms with Gasteiger partial charge in [0.25, 0.3) is 0 Å². The van der Waals surface area contributed by atoms with Crippen molar-refractivity contribution < 1.29 is 0 Å². The van der Waals surface area contributed by atoms with Crippen LogP contribution in [0.2, 0.25) is 0 Å². The summed E-state index contributed by atoms with van der Waals surface area (Å²) < 4.78 is 0. The highest BCUT2D eigenvalue weighted by molar-refractivity contribution is 5.85. The third-order valence-corrected chi connectivity index (χ3v) is 2.36. The van der Waals surface area contributed by atoms with Gasteiger partial charge in [-0.15, -0.1) is 12.4 Å². The number of aromatic nitrogens is 2. The summed E-state index contributed by atoms with van der Waals surface area (Å²) in [5.74, 6) is 0.912. The van der Waals surface area contributed by atoms with E-state index >= 15 is 0 Å². The molecule has 1 aliphatic carbocycles. The Morgan fingerprint density at radius 3 is 2.71 bits per heavy atom. The summed E-state index contributed by atoms with van der Waals surface area (Å²) >= 11 is 0. The van der Waals surface area contributed by atoms with E-state index in [-0.39, 0.29) is 12.4 Å². The Bertz CT molecular complexity index is 337. The first-order valence-electron chi connectivity index (χ1n) is 4.85. The molecule has 0 saturated heterocycles. The van der Waals surface area contributed by atoms with Gasteiger partial charge >= 0.3 is 0 Å². The predicted molar refractivity (Wildman–Crippen MR) is 60.9 cm³/mol. The van der Waals surface area contributed by atoms with Gasteiger partial charge in [-0.2, -0.15) is 5.10 Å². The van der Waals surface area contributed by atoms with Crippen LogP contribution < -0.4 is 0 Å². The highest BCUT2D eigenvalue weighted by atomic mass is 35.5. The van der Waals surface area contributed by atoms with Crippen LogP contribution in [0.4, 0.5) is 5.82 Å². The van der Waals surface area contributed by atoms with Crippen LogP contribution in [0.25, 0.3) is 0 Å². The van der Waals surface area contributed by atoms with E-state index in [0.29, 0.717) is 0 Å². The number of aromatic amines is 1. The molecule has 0 aromatic carbocycles. The SMILES string of the molecule is CC(C)=Nc1n[nH]c2c1CCCC2.Cl. The minimum atomic E-state index is 0. The molecular weight excluding hydrogens is 198 g/mol. The Kier molecular flexibility index (Phi) is 3.69. The molecule has 0 aliphatic heterocycles. The number of hydrogen-bond donors (Lipinski definition) is 1. The summed E-state index contributed by atoms with van der Waals surface area (Å²) in [5, 5.41) is 7.30. The van der Waals surface area contributed by atoms with E-state index in [4.69, 9.17) is 0 Å². The number of rotatable bonds is 1. The maximum atomic E-state index is 4.41. The zero-order valence-corrected chi connectivity index (χ0v) is 9.45. The van der Waals surface area contributed by atoms with Crippen LogP contribution in [-0.2, 0) is 12.8 Å². The van der Waals surface area contributed by atoms with E-state index in [2.05, 4.69) is 15.2 Å².